The SMILES string of the molecule is O=C1OC(=O)c2c(F)c(Cl)c(Cl)c(F)c21. The van der Waals surface area contributed by atoms with Crippen molar-refractivity contribution in [1.29, 1.82) is 0 Å². The van der Waals surface area contributed by atoms with Gasteiger partial charge in [0.15, 0.2) is 11.6 Å². The van der Waals surface area contributed by atoms with Crippen molar-refractivity contribution in [2.45, 2.75) is 0 Å². The molecule has 0 amide bonds. The van der Waals surface area contributed by atoms with Crippen molar-refractivity contribution < 1.29 is 23.1 Å². The second-order valence-corrected chi connectivity index (χ2v) is 3.44. The second kappa shape index (κ2) is 3.15. The highest BCUT2D eigenvalue weighted by atomic mass is 35.5. The van der Waals surface area contributed by atoms with Crippen LogP contribution < -0.4 is 0 Å². The zero-order valence-corrected chi connectivity index (χ0v) is 8.25. The average Bonchev–Trinajstić information content (AvgIpc) is 2.47. The van der Waals surface area contributed by atoms with E-state index in [1.54, 1.807) is 0 Å². The lowest BCUT2D eigenvalue weighted by Crippen LogP contribution is -2.02. The van der Waals surface area contributed by atoms with Crippen LogP contribution in [0.5, 0.6) is 0 Å². The number of carbonyl (C=O) groups is 2. The first-order valence-electron chi connectivity index (χ1n) is 3.57. The number of rotatable bonds is 0. The summed E-state index contributed by atoms with van der Waals surface area (Å²) in [5.41, 5.74) is -1.63. The van der Waals surface area contributed by atoms with E-state index in [0.29, 0.717) is 0 Å². The zero-order valence-electron chi connectivity index (χ0n) is 6.74. The fourth-order valence-corrected chi connectivity index (χ4v) is 1.56. The van der Waals surface area contributed by atoms with Crippen molar-refractivity contribution in [1.82, 2.24) is 0 Å². The lowest BCUT2D eigenvalue weighted by molar-refractivity contribution is 0.0441. The van der Waals surface area contributed by atoms with Crippen LogP contribution in [-0.4, -0.2) is 11.9 Å². The maximum Gasteiger partial charge on any atom is 0.350 e. The van der Waals surface area contributed by atoms with E-state index >= 15 is 0 Å². The van der Waals surface area contributed by atoms with Gasteiger partial charge in [0.1, 0.15) is 11.1 Å². The first-order valence-corrected chi connectivity index (χ1v) is 4.33. The molecule has 1 aromatic carbocycles. The van der Waals surface area contributed by atoms with Crippen LogP contribution in [0, 0.1) is 11.6 Å². The minimum Gasteiger partial charge on any atom is -0.385 e. The van der Waals surface area contributed by atoms with Crippen LogP contribution in [0.2, 0.25) is 10.0 Å². The fourth-order valence-electron chi connectivity index (χ4n) is 1.20. The molecular weight excluding hydrogens is 253 g/mol. The maximum atomic E-state index is 13.3. The Kier molecular flexibility index (Phi) is 2.17. The molecule has 3 nitrogen and oxygen atoms in total. The molecule has 1 aromatic rings. The normalized spacial score (nSPS) is 14.1. The molecule has 0 atom stereocenters. The van der Waals surface area contributed by atoms with Crippen molar-refractivity contribution in [3.8, 4) is 0 Å². The van der Waals surface area contributed by atoms with Crippen LogP contribution in [0.1, 0.15) is 20.7 Å². The van der Waals surface area contributed by atoms with Gasteiger partial charge in [-0.25, -0.2) is 18.4 Å². The van der Waals surface area contributed by atoms with Crippen LogP contribution in [0.3, 0.4) is 0 Å². The Hall–Kier alpha value is -1.20. The number of cyclic esters (lactones) is 2. The Labute approximate surface area is 91.5 Å². The fraction of sp³-hybridized carbons (Fsp3) is 0. The Morgan fingerprint density at radius 3 is 1.53 bits per heavy atom. The van der Waals surface area contributed by atoms with Crippen LogP contribution in [-0.2, 0) is 4.74 Å². The van der Waals surface area contributed by atoms with Crippen molar-refractivity contribution >= 4 is 35.1 Å². The summed E-state index contributed by atoms with van der Waals surface area (Å²) in [6.45, 7) is 0. The van der Waals surface area contributed by atoms with Crippen molar-refractivity contribution in [2.24, 2.45) is 0 Å². The summed E-state index contributed by atoms with van der Waals surface area (Å²) >= 11 is 10.6. The molecule has 0 fully saturated rings. The topological polar surface area (TPSA) is 43.4 Å². The van der Waals surface area contributed by atoms with Gasteiger partial charge in [0.05, 0.1) is 10.0 Å². The van der Waals surface area contributed by atoms with Crippen molar-refractivity contribution in [3.63, 3.8) is 0 Å². The number of esters is 2. The molecule has 7 heteroatoms. The van der Waals surface area contributed by atoms with Crippen LogP contribution in [0.15, 0.2) is 0 Å². The molecule has 0 radical (unpaired) electrons. The highest BCUT2D eigenvalue weighted by Crippen LogP contribution is 2.36. The molecule has 0 bridgehead atoms. The highest BCUT2D eigenvalue weighted by Gasteiger charge is 2.39. The largest absolute Gasteiger partial charge is 0.385 e. The Morgan fingerprint density at radius 2 is 1.20 bits per heavy atom. The number of carbonyl (C=O) groups excluding carboxylic acids is 2. The summed E-state index contributed by atoms with van der Waals surface area (Å²) in [5.74, 6) is -5.06. The third-order valence-corrected chi connectivity index (χ3v) is 2.67. The molecule has 0 spiro atoms. The monoisotopic (exact) mass is 252 g/mol. The molecule has 1 aliphatic heterocycles. The molecule has 0 saturated carbocycles. The quantitative estimate of drug-likeness (QED) is 0.309. The molecule has 0 aromatic heterocycles. The molecule has 0 unspecified atom stereocenters. The first-order chi connectivity index (χ1) is 6.95. The van der Waals surface area contributed by atoms with E-state index in [0.717, 1.165) is 0 Å². The summed E-state index contributed by atoms with van der Waals surface area (Å²) in [6.07, 6.45) is 0. The molecule has 2 rings (SSSR count). The van der Waals surface area contributed by atoms with Gasteiger partial charge >= 0.3 is 11.9 Å². The summed E-state index contributed by atoms with van der Waals surface area (Å²) in [4.78, 5) is 21.9. The molecular formula is C8Cl2F2O3. The van der Waals surface area contributed by atoms with E-state index in [2.05, 4.69) is 4.74 Å². The van der Waals surface area contributed by atoms with Gasteiger partial charge in [-0.15, -0.1) is 0 Å². The number of hydrogen-bond donors (Lipinski definition) is 0. The van der Waals surface area contributed by atoms with Gasteiger partial charge in [-0.3, -0.25) is 0 Å². The standard InChI is InChI=1S/C8Cl2F2O3/c9-3-4(10)6(12)2-1(5(3)11)7(13)15-8(2)14. The van der Waals surface area contributed by atoms with Gasteiger partial charge in [-0.1, -0.05) is 23.2 Å². The third-order valence-electron chi connectivity index (χ3n) is 1.86. The van der Waals surface area contributed by atoms with Crippen LogP contribution in [0.25, 0.3) is 0 Å². The Morgan fingerprint density at radius 1 is 0.867 bits per heavy atom. The van der Waals surface area contributed by atoms with E-state index < -0.39 is 44.7 Å². The number of ether oxygens (including phenoxy) is 1. The predicted molar refractivity (Wildman–Crippen MR) is 46.1 cm³/mol. The molecule has 0 aliphatic carbocycles. The van der Waals surface area contributed by atoms with E-state index in [1.165, 1.54) is 0 Å². The van der Waals surface area contributed by atoms with Gasteiger partial charge in [0, 0.05) is 0 Å². The molecule has 1 heterocycles. The summed E-state index contributed by atoms with van der Waals surface area (Å²) in [5, 5.41) is -1.50. The van der Waals surface area contributed by atoms with E-state index in [1.807, 2.05) is 0 Å². The lowest BCUT2D eigenvalue weighted by atomic mass is 10.1. The van der Waals surface area contributed by atoms with E-state index in [-0.39, 0.29) is 0 Å². The van der Waals surface area contributed by atoms with Crippen molar-refractivity contribution in [2.75, 3.05) is 0 Å². The van der Waals surface area contributed by atoms with E-state index in [9.17, 15) is 18.4 Å². The lowest BCUT2D eigenvalue weighted by Gasteiger charge is -2.02. The number of halogens is 4. The predicted octanol–water partition coefficient (Wildman–Crippen LogP) is 2.58. The molecule has 0 saturated heterocycles. The van der Waals surface area contributed by atoms with Gasteiger partial charge in [0.2, 0.25) is 0 Å². The van der Waals surface area contributed by atoms with Gasteiger partial charge in [-0.05, 0) is 0 Å². The molecule has 1 aliphatic rings. The number of fused-ring (bicyclic) bond motifs is 1. The van der Waals surface area contributed by atoms with Gasteiger partial charge in [0.25, 0.3) is 0 Å². The summed E-state index contributed by atoms with van der Waals surface area (Å²) < 4.78 is 30.7. The highest BCUT2D eigenvalue weighted by molar-refractivity contribution is 6.43. The first kappa shape index (κ1) is 10.3. The average molecular weight is 253 g/mol. The third kappa shape index (κ3) is 1.23. The van der Waals surface area contributed by atoms with Crippen LogP contribution >= 0.6 is 23.2 Å². The number of hydrogen-bond acceptors (Lipinski definition) is 3. The molecule has 15 heavy (non-hydrogen) atoms. The molecule has 78 valence electrons. The molecule has 0 N–H and O–H groups in total. The Balaban J connectivity index is 2.92. The summed E-state index contributed by atoms with van der Waals surface area (Å²) in [7, 11) is 0. The number of benzene rings is 1. The maximum absolute atomic E-state index is 13.3. The van der Waals surface area contributed by atoms with Crippen LogP contribution in [0.4, 0.5) is 8.78 Å². The second-order valence-electron chi connectivity index (χ2n) is 2.68. The van der Waals surface area contributed by atoms with Gasteiger partial charge in [-0.2, -0.15) is 0 Å². The zero-order chi connectivity index (χ0) is 11.3. The smallest absolute Gasteiger partial charge is 0.350 e. The Bertz CT molecular complexity index is 468. The minimum atomic E-state index is -1.27. The van der Waals surface area contributed by atoms with Gasteiger partial charge < -0.3 is 4.74 Å². The summed E-state index contributed by atoms with van der Waals surface area (Å²) in [6, 6.07) is 0. The van der Waals surface area contributed by atoms with Crippen molar-refractivity contribution in [3.05, 3.63) is 32.8 Å². The van der Waals surface area contributed by atoms with E-state index in [4.69, 9.17) is 23.2 Å². The minimum absolute atomic E-state index is 0.750.